The van der Waals surface area contributed by atoms with Gasteiger partial charge in [0.05, 0.1) is 12.1 Å². The zero-order chi connectivity index (χ0) is 20.6. The quantitative estimate of drug-likeness (QED) is 0.530. The second-order valence-electron chi connectivity index (χ2n) is 6.51. The molecule has 3 aromatic carbocycles. The summed E-state index contributed by atoms with van der Waals surface area (Å²) in [5.41, 5.74) is 3.68. The Hall–Kier alpha value is -3.18. The summed E-state index contributed by atoms with van der Waals surface area (Å²) < 4.78 is 10.9. The van der Waals surface area contributed by atoms with Gasteiger partial charge in [-0.15, -0.1) is 0 Å². The zero-order valence-corrected chi connectivity index (χ0v) is 17.1. The van der Waals surface area contributed by atoms with Gasteiger partial charge in [0, 0.05) is 23.5 Å². The number of para-hydroxylation sites is 1. The molecular formula is C23H23ClN2O3. The maximum atomic E-state index is 12.2. The van der Waals surface area contributed by atoms with Crippen molar-refractivity contribution in [2.24, 2.45) is 0 Å². The van der Waals surface area contributed by atoms with Crippen LogP contribution in [0.1, 0.15) is 11.1 Å². The topological polar surface area (TPSA) is 59.6 Å². The van der Waals surface area contributed by atoms with E-state index in [1.54, 1.807) is 13.2 Å². The van der Waals surface area contributed by atoms with Crippen LogP contribution in [0, 0.1) is 6.92 Å². The Morgan fingerprint density at radius 1 is 0.966 bits per heavy atom. The highest BCUT2D eigenvalue weighted by Crippen LogP contribution is 2.28. The molecule has 0 bridgehead atoms. The summed E-state index contributed by atoms with van der Waals surface area (Å²) in [6.07, 6.45) is 0. The van der Waals surface area contributed by atoms with Gasteiger partial charge in [-0.3, -0.25) is 4.79 Å². The lowest BCUT2D eigenvalue weighted by atomic mass is 10.2. The van der Waals surface area contributed by atoms with E-state index in [1.807, 2.05) is 67.6 Å². The van der Waals surface area contributed by atoms with Crippen LogP contribution in [0.15, 0.2) is 66.7 Å². The number of benzene rings is 3. The molecule has 0 fully saturated rings. The van der Waals surface area contributed by atoms with Gasteiger partial charge < -0.3 is 20.1 Å². The fourth-order valence-corrected chi connectivity index (χ4v) is 3.00. The molecule has 0 aliphatic rings. The van der Waals surface area contributed by atoms with Crippen molar-refractivity contribution < 1.29 is 14.3 Å². The van der Waals surface area contributed by atoms with Crippen molar-refractivity contribution in [3.8, 4) is 11.5 Å². The molecule has 6 heteroatoms. The predicted molar refractivity (Wildman–Crippen MR) is 117 cm³/mol. The normalized spacial score (nSPS) is 10.3. The smallest absolute Gasteiger partial charge is 0.262 e. The van der Waals surface area contributed by atoms with E-state index in [0.717, 1.165) is 22.5 Å². The number of anilines is 2. The van der Waals surface area contributed by atoms with Crippen molar-refractivity contribution in [2.75, 3.05) is 24.4 Å². The lowest BCUT2D eigenvalue weighted by Crippen LogP contribution is -2.20. The molecular weight excluding hydrogens is 388 g/mol. The summed E-state index contributed by atoms with van der Waals surface area (Å²) in [6.45, 7) is 2.46. The first-order valence-electron chi connectivity index (χ1n) is 9.20. The molecule has 1 amide bonds. The van der Waals surface area contributed by atoms with Gasteiger partial charge in [0.15, 0.2) is 6.61 Å². The molecule has 0 spiro atoms. The van der Waals surface area contributed by atoms with Gasteiger partial charge in [-0.25, -0.2) is 0 Å². The average molecular weight is 411 g/mol. The van der Waals surface area contributed by atoms with Crippen LogP contribution in [0.25, 0.3) is 0 Å². The number of carbonyl (C=O) groups is 1. The first kappa shape index (κ1) is 20.6. The SMILES string of the molecule is COc1ccc(NCc2ccccc2OCC(=O)Nc2ccc(C)cc2)cc1Cl. The lowest BCUT2D eigenvalue weighted by Gasteiger charge is -2.13. The molecule has 0 unspecified atom stereocenters. The minimum absolute atomic E-state index is 0.0702. The third-order valence-corrected chi connectivity index (χ3v) is 4.60. The van der Waals surface area contributed by atoms with E-state index in [9.17, 15) is 4.79 Å². The number of methoxy groups -OCH3 is 1. The Morgan fingerprint density at radius 2 is 1.69 bits per heavy atom. The Labute approximate surface area is 175 Å². The minimum atomic E-state index is -0.210. The van der Waals surface area contributed by atoms with E-state index in [1.165, 1.54) is 0 Å². The Morgan fingerprint density at radius 3 is 2.41 bits per heavy atom. The van der Waals surface area contributed by atoms with Crippen LogP contribution >= 0.6 is 11.6 Å². The zero-order valence-electron chi connectivity index (χ0n) is 16.4. The fourth-order valence-electron chi connectivity index (χ4n) is 2.74. The number of hydrogen-bond donors (Lipinski definition) is 2. The minimum Gasteiger partial charge on any atom is -0.495 e. The number of amides is 1. The number of hydrogen-bond acceptors (Lipinski definition) is 4. The van der Waals surface area contributed by atoms with Crippen molar-refractivity contribution in [1.82, 2.24) is 0 Å². The monoisotopic (exact) mass is 410 g/mol. The molecule has 150 valence electrons. The van der Waals surface area contributed by atoms with Crippen LogP contribution in [-0.2, 0) is 11.3 Å². The van der Waals surface area contributed by atoms with Gasteiger partial charge in [0.25, 0.3) is 5.91 Å². The number of nitrogens with one attached hydrogen (secondary N) is 2. The molecule has 0 aliphatic carbocycles. The molecule has 0 saturated carbocycles. The van der Waals surface area contributed by atoms with Crippen molar-refractivity contribution in [3.05, 3.63) is 82.9 Å². The summed E-state index contributed by atoms with van der Waals surface area (Å²) in [6, 6.07) is 20.7. The van der Waals surface area contributed by atoms with E-state index in [-0.39, 0.29) is 12.5 Å². The highest BCUT2D eigenvalue weighted by atomic mass is 35.5. The molecule has 29 heavy (non-hydrogen) atoms. The summed E-state index contributed by atoms with van der Waals surface area (Å²) in [5.74, 6) is 1.07. The van der Waals surface area contributed by atoms with Gasteiger partial charge >= 0.3 is 0 Å². The van der Waals surface area contributed by atoms with E-state index >= 15 is 0 Å². The van der Waals surface area contributed by atoms with Gasteiger partial charge in [-0.05, 0) is 43.3 Å². The Bertz CT molecular complexity index is 974. The van der Waals surface area contributed by atoms with Gasteiger partial charge in [-0.2, -0.15) is 0 Å². The molecule has 0 aromatic heterocycles. The number of halogens is 1. The van der Waals surface area contributed by atoms with E-state index in [4.69, 9.17) is 21.1 Å². The third kappa shape index (κ3) is 5.90. The van der Waals surface area contributed by atoms with Crippen molar-refractivity contribution in [3.63, 3.8) is 0 Å². The molecule has 3 rings (SSSR count). The highest BCUT2D eigenvalue weighted by molar-refractivity contribution is 6.32. The Balaban J connectivity index is 1.57. The van der Waals surface area contributed by atoms with Crippen LogP contribution in [0.4, 0.5) is 11.4 Å². The second-order valence-corrected chi connectivity index (χ2v) is 6.92. The Kier molecular flexibility index (Phi) is 6.98. The largest absolute Gasteiger partial charge is 0.495 e. The maximum absolute atomic E-state index is 12.2. The molecule has 0 heterocycles. The van der Waals surface area contributed by atoms with Crippen molar-refractivity contribution >= 4 is 28.9 Å². The number of carbonyl (C=O) groups excluding carboxylic acids is 1. The van der Waals surface area contributed by atoms with E-state index in [2.05, 4.69) is 10.6 Å². The van der Waals surface area contributed by atoms with E-state index < -0.39 is 0 Å². The van der Waals surface area contributed by atoms with Gasteiger partial charge in [0.1, 0.15) is 11.5 Å². The molecule has 3 aromatic rings. The first-order chi connectivity index (χ1) is 14.0. The molecule has 0 saturated heterocycles. The standard InChI is InChI=1S/C23H23ClN2O3/c1-16-7-9-18(10-8-16)26-23(27)15-29-21-6-4-3-5-17(21)14-25-19-11-12-22(28-2)20(24)13-19/h3-13,25H,14-15H2,1-2H3,(H,26,27). The fraction of sp³-hybridized carbons (Fsp3) is 0.174. The summed E-state index contributed by atoms with van der Waals surface area (Å²) in [5, 5.41) is 6.67. The van der Waals surface area contributed by atoms with Gasteiger partial charge in [0.2, 0.25) is 0 Å². The molecule has 0 aliphatic heterocycles. The summed E-state index contributed by atoms with van der Waals surface area (Å²) >= 11 is 6.17. The number of aryl methyl sites for hydroxylation is 1. The van der Waals surface area contributed by atoms with Crippen LogP contribution in [0.5, 0.6) is 11.5 Å². The van der Waals surface area contributed by atoms with Crippen LogP contribution in [0.3, 0.4) is 0 Å². The summed E-state index contributed by atoms with van der Waals surface area (Å²) in [7, 11) is 1.58. The second kappa shape index (κ2) is 9.85. The maximum Gasteiger partial charge on any atom is 0.262 e. The van der Waals surface area contributed by atoms with Gasteiger partial charge in [-0.1, -0.05) is 47.5 Å². The van der Waals surface area contributed by atoms with Crippen LogP contribution in [0.2, 0.25) is 5.02 Å². The number of ether oxygens (including phenoxy) is 2. The summed E-state index contributed by atoms with van der Waals surface area (Å²) in [4.78, 5) is 12.2. The third-order valence-electron chi connectivity index (χ3n) is 4.30. The van der Waals surface area contributed by atoms with Crippen LogP contribution in [-0.4, -0.2) is 19.6 Å². The first-order valence-corrected chi connectivity index (χ1v) is 9.57. The van der Waals surface area contributed by atoms with Crippen molar-refractivity contribution in [2.45, 2.75) is 13.5 Å². The van der Waals surface area contributed by atoms with Crippen molar-refractivity contribution in [1.29, 1.82) is 0 Å². The highest BCUT2D eigenvalue weighted by Gasteiger charge is 2.08. The molecule has 2 N–H and O–H groups in total. The molecule has 0 atom stereocenters. The predicted octanol–water partition coefficient (Wildman–Crippen LogP) is 5.29. The lowest BCUT2D eigenvalue weighted by molar-refractivity contribution is -0.118. The molecule has 0 radical (unpaired) electrons. The number of rotatable bonds is 8. The average Bonchev–Trinajstić information content (AvgIpc) is 2.73. The van der Waals surface area contributed by atoms with Crippen LogP contribution < -0.4 is 20.1 Å². The van der Waals surface area contributed by atoms with E-state index in [0.29, 0.717) is 23.1 Å². The molecule has 5 nitrogen and oxygen atoms in total.